The Kier molecular flexibility index (Phi) is 4.73. The minimum absolute atomic E-state index is 0.213. The molecule has 0 bridgehead atoms. The minimum atomic E-state index is 0.213. The number of hydrogen-bond acceptors (Lipinski definition) is 5. The Labute approximate surface area is 146 Å². The molecule has 2 N–H and O–H groups in total. The van der Waals surface area contributed by atoms with Gasteiger partial charge in [0.25, 0.3) is 0 Å². The molecule has 6 heteroatoms. The zero-order valence-corrected chi connectivity index (χ0v) is 14.7. The fourth-order valence-corrected chi connectivity index (χ4v) is 2.98. The van der Waals surface area contributed by atoms with Crippen molar-refractivity contribution in [2.45, 2.75) is 6.92 Å². The van der Waals surface area contributed by atoms with Crippen LogP contribution in [0.3, 0.4) is 0 Å². The summed E-state index contributed by atoms with van der Waals surface area (Å²) in [6.07, 6.45) is 0. The number of thiazole rings is 1. The van der Waals surface area contributed by atoms with Crippen LogP contribution in [0.1, 0.15) is 12.5 Å². The number of aromatic hydroxyl groups is 1. The molecule has 2 aromatic carbocycles. The maximum Gasteiger partial charge on any atom is 0.203 e. The van der Waals surface area contributed by atoms with Crippen LogP contribution in [0.5, 0.6) is 5.75 Å². The zero-order valence-electron chi connectivity index (χ0n) is 12.3. The fraction of sp³-hybridized carbons (Fsp3) is 0.0588. The van der Waals surface area contributed by atoms with Gasteiger partial charge in [-0.25, -0.2) is 4.98 Å². The van der Waals surface area contributed by atoms with Crippen molar-refractivity contribution >= 4 is 38.1 Å². The number of rotatable bonds is 4. The summed E-state index contributed by atoms with van der Waals surface area (Å²) in [5.74, 6) is 0.213. The lowest BCUT2D eigenvalue weighted by Gasteiger charge is -2.03. The highest BCUT2D eigenvalue weighted by Gasteiger charge is 2.06. The normalized spacial score (nSPS) is 11.5. The molecule has 1 aromatic heterocycles. The first-order valence-corrected chi connectivity index (χ1v) is 8.61. The number of anilines is 1. The Bertz CT molecular complexity index is 843. The molecule has 116 valence electrons. The number of benzene rings is 2. The molecular weight excluding hydrogens is 374 g/mol. The summed E-state index contributed by atoms with van der Waals surface area (Å²) in [5, 5.41) is 16.8. The molecule has 0 atom stereocenters. The molecule has 3 aromatic rings. The summed E-state index contributed by atoms with van der Waals surface area (Å²) < 4.78 is 1.04. The Hall–Kier alpha value is -2.18. The molecule has 0 aliphatic heterocycles. The lowest BCUT2D eigenvalue weighted by atomic mass is 10.1. The van der Waals surface area contributed by atoms with E-state index in [2.05, 4.69) is 31.4 Å². The number of halogens is 1. The van der Waals surface area contributed by atoms with Gasteiger partial charge in [0.05, 0.1) is 11.4 Å². The van der Waals surface area contributed by atoms with E-state index in [0.29, 0.717) is 16.4 Å². The molecule has 3 rings (SSSR count). The summed E-state index contributed by atoms with van der Waals surface area (Å²) in [4.78, 5) is 4.52. The number of para-hydroxylation sites is 1. The molecule has 0 aliphatic carbocycles. The van der Waals surface area contributed by atoms with Crippen molar-refractivity contribution in [1.82, 2.24) is 4.98 Å². The van der Waals surface area contributed by atoms with E-state index in [0.717, 1.165) is 15.7 Å². The number of nitrogens with one attached hydrogen (secondary N) is 1. The third-order valence-corrected chi connectivity index (χ3v) is 4.53. The molecule has 0 spiro atoms. The Morgan fingerprint density at radius 3 is 2.65 bits per heavy atom. The second-order valence-electron chi connectivity index (χ2n) is 4.87. The van der Waals surface area contributed by atoms with Gasteiger partial charge in [0.2, 0.25) is 5.13 Å². The Morgan fingerprint density at radius 1 is 1.17 bits per heavy atom. The summed E-state index contributed by atoms with van der Waals surface area (Å²) in [6, 6.07) is 15.1. The second-order valence-corrected chi connectivity index (χ2v) is 6.64. The zero-order chi connectivity index (χ0) is 16.2. The van der Waals surface area contributed by atoms with Gasteiger partial charge in [-0.2, -0.15) is 5.10 Å². The van der Waals surface area contributed by atoms with Gasteiger partial charge < -0.3 is 5.11 Å². The van der Waals surface area contributed by atoms with Gasteiger partial charge in [-0.05, 0) is 31.2 Å². The topological polar surface area (TPSA) is 57.5 Å². The molecule has 0 radical (unpaired) electrons. The third-order valence-electron chi connectivity index (χ3n) is 3.26. The van der Waals surface area contributed by atoms with E-state index in [-0.39, 0.29) is 5.75 Å². The monoisotopic (exact) mass is 387 g/mol. The van der Waals surface area contributed by atoms with E-state index in [1.807, 2.05) is 48.7 Å². The second kappa shape index (κ2) is 6.93. The highest BCUT2D eigenvalue weighted by Crippen LogP contribution is 2.26. The van der Waals surface area contributed by atoms with Crippen molar-refractivity contribution in [3.63, 3.8) is 0 Å². The highest BCUT2D eigenvalue weighted by atomic mass is 79.9. The van der Waals surface area contributed by atoms with Gasteiger partial charge in [-0.3, -0.25) is 5.43 Å². The molecule has 0 aliphatic rings. The maximum absolute atomic E-state index is 9.83. The molecule has 4 nitrogen and oxygen atoms in total. The molecule has 0 saturated carbocycles. The van der Waals surface area contributed by atoms with Crippen LogP contribution in [0.15, 0.2) is 63.5 Å². The van der Waals surface area contributed by atoms with Crippen molar-refractivity contribution in [2.24, 2.45) is 5.10 Å². The van der Waals surface area contributed by atoms with E-state index in [4.69, 9.17) is 0 Å². The Morgan fingerprint density at radius 2 is 1.91 bits per heavy atom. The first kappa shape index (κ1) is 15.7. The van der Waals surface area contributed by atoms with Crippen LogP contribution in [0.2, 0.25) is 0 Å². The number of nitrogens with zero attached hydrogens (tertiary/aromatic N) is 2. The van der Waals surface area contributed by atoms with E-state index in [9.17, 15) is 5.11 Å². The average Bonchev–Trinajstić information content (AvgIpc) is 3.03. The van der Waals surface area contributed by atoms with Crippen molar-refractivity contribution in [1.29, 1.82) is 0 Å². The van der Waals surface area contributed by atoms with Crippen molar-refractivity contribution in [3.05, 3.63) is 63.9 Å². The van der Waals surface area contributed by atoms with Gasteiger partial charge in [-0.15, -0.1) is 11.3 Å². The van der Waals surface area contributed by atoms with Crippen LogP contribution in [-0.2, 0) is 0 Å². The van der Waals surface area contributed by atoms with Gasteiger partial charge >= 0.3 is 0 Å². The standard InChI is InChI=1S/C17H14BrN3OS/c1-11(14-4-2-3-5-16(14)22)20-21-17-19-15(10-23-17)12-6-8-13(18)9-7-12/h2-10,22H,1H3,(H,19,21)/b20-11-. The van der Waals surface area contributed by atoms with Crippen LogP contribution >= 0.6 is 27.3 Å². The molecule has 0 saturated heterocycles. The molecule has 0 unspecified atom stereocenters. The molecule has 0 fully saturated rings. The molecule has 1 heterocycles. The van der Waals surface area contributed by atoms with Crippen LogP contribution < -0.4 is 5.43 Å². The van der Waals surface area contributed by atoms with E-state index < -0.39 is 0 Å². The average molecular weight is 388 g/mol. The summed E-state index contributed by atoms with van der Waals surface area (Å²) in [6.45, 7) is 1.84. The van der Waals surface area contributed by atoms with Crippen LogP contribution in [0.4, 0.5) is 5.13 Å². The van der Waals surface area contributed by atoms with E-state index in [1.165, 1.54) is 11.3 Å². The predicted molar refractivity (Wildman–Crippen MR) is 99.2 cm³/mol. The number of aromatic nitrogens is 1. The smallest absolute Gasteiger partial charge is 0.203 e. The summed E-state index contributed by atoms with van der Waals surface area (Å²) in [5.41, 5.74) is 6.30. The number of hydrogen-bond donors (Lipinski definition) is 2. The quantitative estimate of drug-likeness (QED) is 0.482. The van der Waals surface area contributed by atoms with Crippen molar-refractivity contribution in [3.8, 4) is 17.0 Å². The maximum atomic E-state index is 9.83. The summed E-state index contributed by atoms with van der Waals surface area (Å²) in [7, 11) is 0. The predicted octanol–water partition coefficient (Wildman–Crippen LogP) is 5.11. The molecule has 0 amide bonds. The van der Waals surface area contributed by atoms with E-state index >= 15 is 0 Å². The summed E-state index contributed by atoms with van der Waals surface area (Å²) >= 11 is 4.91. The van der Waals surface area contributed by atoms with Gasteiger partial charge in [0.1, 0.15) is 5.75 Å². The van der Waals surface area contributed by atoms with Gasteiger partial charge in [-0.1, -0.05) is 40.2 Å². The van der Waals surface area contributed by atoms with Gasteiger partial charge in [0, 0.05) is 21.0 Å². The Balaban J connectivity index is 1.75. The van der Waals surface area contributed by atoms with Crippen molar-refractivity contribution < 1.29 is 5.11 Å². The molecular formula is C17H14BrN3OS. The highest BCUT2D eigenvalue weighted by molar-refractivity contribution is 9.10. The first-order chi connectivity index (χ1) is 11.1. The number of phenolic OH excluding ortho intramolecular Hbond substituents is 1. The van der Waals surface area contributed by atoms with Gasteiger partial charge in [0.15, 0.2) is 0 Å². The molecule has 23 heavy (non-hydrogen) atoms. The largest absolute Gasteiger partial charge is 0.507 e. The number of phenols is 1. The number of hydrazone groups is 1. The lowest BCUT2D eigenvalue weighted by Crippen LogP contribution is -1.99. The first-order valence-electron chi connectivity index (χ1n) is 6.93. The van der Waals surface area contributed by atoms with Crippen LogP contribution in [0.25, 0.3) is 11.3 Å². The third kappa shape index (κ3) is 3.78. The lowest BCUT2D eigenvalue weighted by molar-refractivity contribution is 0.474. The fourth-order valence-electron chi connectivity index (χ4n) is 2.05. The van der Waals surface area contributed by atoms with Crippen molar-refractivity contribution in [2.75, 3.05) is 5.43 Å². The minimum Gasteiger partial charge on any atom is -0.507 e. The SMILES string of the molecule is C/C(=N/Nc1nc(-c2ccc(Br)cc2)cs1)c1ccccc1O. The van der Waals surface area contributed by atoms with Crippen LogP contribution in [-0.4, -0.2) is 15.8 Å². The van der Waals surface area contributed by atoms with E-state index in [1.54, 1.807) is 12.1 Å². The van der Waals surface area contributed by atoms with Crippen LogP contribution in [0, 0.1) is 0 Å².